The zero-order valence-corrected chi connectivity index (χ0v) is 10.5. The molecule has 90 valence electrons. The third-order valence-corrected chi connectivity index (χ3v) is 2.39. The number of rotatable bonds is 9. The lowest BCUT2D eigenvalue weighted by molar-refractivity contribution is 0.0530. The summed E-state index contributed by atoms with van der Waals surface area (Å²) in [6.07, 6.45) is 2.15. The second-order valence-corrected chi connectivity index (χ2v) is 3.98. The zero-order chi connectivity index (χ0) is 11.5. The number of benzene rings is 1. The van der Waals surface area contributed by atoms with E-state index >= 15 is 0 Å². The van der Waals surface area contributed by atoms with E-state index in [1.54, 1.807) is 0 Å². The predicted octanol–water partition coefficient (Wildman–Crippen LogP) is 2.58. The first-order valence-corrected chi connectivity index (χ1v) is 6.37. The van der Waals surface area contributed by atoms with Crippen LogP contribution in [-0.4, -0.2) is 32.2 Å². The number of hydrogen-bond donors (Lipinski definition) is 1. The zero-order valence-electron chi connectivity index (χ0n) is 9.60. The van der Waals surface area contributed by atoms with E-state index in [1.807, 2.05) is 6.07 Å². The molecule has 0 aromatic heterocycles. The lowest BCUT2D eigenvalue weighted by Gasteiger charge is -2.05. The van der Waals surface area contributed by atoms with Crippen molar-refractivity contribution < 1.29 is 9.47 Å². The molecule has 2 nitrogen and oxygen atoms in total. The van der Waals surface area contributed by atoms with Crippen molar-refractivity contribution in [3.63, 3.8) is 0 Å². The molecule has 1 aromatic carbocycles. The molecule has 1 aromatic rings. The van der Waals surface area contributed by atoms with E-state index in [4.69, 9.17) is 9.47 Å². The van der Waals surface area contributed by atoms with E-state index in [-0.39, 0.29) is 0 Å². The van der Waals surface area contributed by atoms with Gasteiger partial charge in [0.15, 0.2) is 0 Å². The summed E-state index contributed by atoms with van der Waals surface area (Å²) in [5, 5.41) is 0. The quantitative estimate of drug-likeness (QED) is 0.528. The summed E-state index contributed by atoms with van der Waals surface area (Å²) < 4.78 is 10.7. The number of aryl methyl sites for hydroxylation is 1. The Kier molecular flexibility index (Phi) is 8.22. The molecule has 16 heavy (non-hydrogen) atoms. The minimum absolute atomic E-state index is 0.673. The fraction of sp³-hybridized carbons (Fsp3) is 0.538. The Balaban J connectivity index is 1.89. The van der Waals surface area contributed by atoms with Crippen molar-refractivity contribution >= 4 is 12.6 Å². The van der Waals surface area contributed by atoms with Crippen LogP contribution in [0.25, 0.3) is 0 Å². The molecule has 0 bridgehead atoms. The number of ether oxygens (including phenoxy) is 2. The van der Waals surface area contributed by atoms with Crippen molar-refractivity contribution in [1.82, 2.24) is 0 Å². The van der Waals surface area contributed by atoms with Crippen molar-refractivity contribution in [3.05, 3.63) is 35.9 Å². The molecule has 0 fully saturated rings. The Morgan fingerprint density at radius 2 is 1.56 bits per heavy atom. The van der Waals surface area contributed by atoms with Gasteiger partial charge >= 0.3 is 0 Å². The molecule has 0 aliphatic rings. The Morgan fingerprint density at radius 3 is 2.25 bits per heavy atom. The van der Waals surface area contributed by atoms with Gasteiger partial charge in [-0.1, -0.05) is 30.3 Å². The van der Waals surface area contributed by atoms with E-state index < -0.39 is 0 Å². The number of thiol groups is 1. The van der Waals surface area contributed by atoms with Crippen LogP contribution in [0.15, 0.2) is 30.3 Å². The van der Waals surface area contributed by atoms with Crippen LogP contribution in [0.1, 0.15) is 12.0 Å². The van der Waals surface area contributed by atoms with E-state index in [2.05, 4.69) is 36.9 Å². The fourth-order valence-electron chi connectivity index (χ4n) is 1.41. The molecule has 0 atom stereocenters. The largest absolute Gasteiger partial charge is 0.379 e. The maximum absolute atomic E-state index is 5.45. The molecular formula is C13H20O2S. The van der Waals surface area contributed by atoms with Crippen LogP contribution in [0, 0.1) is 0 Å². The highest BCUT2D eigenvalue weighted by Gasteiger charge is 1.92. The van der Waals surface area contributed by atoms with E-state index in [9.17, 15) is 0 Å². The van der Waals surface area contributed by atoms with Crippen LogP contribution >= 0.6 is 12.6 Å². The lowest BCUT2D eigenvalue weighted by Crippen LogP contribution is -2.07. The predicted molar refractivity (Wildman–Crippen MR) is 70.3 cm³/mol. The van der Waals surface area contributed by atoms with Gasteiger partial charge in [-0.15, -0.1) is 0 Å². The van der Waals surface area contributed by atoms with Crippen molar-refractivity contribution in [2.24, 2.45) is 0 Å². The average molecular weight is 240 g/mol. The summed E-state index contributed by atoms with van der Waals surface area (Å²) in [7, 11) is 0. The minimum Gasteiger partial charge on any atom is -0.379 e. The molecule has 0 amide bonds. The first-order chi connectivity index (χ1) is 7.93. The van der Waals surface area contributed by atoms with Gasteiger partial charge in [-0.05, 0) is 18.4 Å². The van der Waals surface area contributed by atoms with Gasteiger partial charge in [0.05, 0.1) is 19.8 Å². The molecule has 0 radical (unpaired) electrons. The number of hydrogen-bond acceptors (Lipinski definition) is 3. The second-order valence-electron chi connectivity index (χ2n) is 3.54. The van der Waals surface area contributed by atoms with Crippen LogP contribution in [0.3, 0.4) is 0 Å². The molecule has 0 spiro atoms. The van der Waals surface area contributed by atoms with Gasteiger partial charge in [0.25, 0.3) is 0 Å². The lowest BCUT2D eigenvalue weighted by atomic mass is 10.1. The van der Waals surface area contributed by atoms with Crippen LogP contribution in [-0.2, 0) is 15.9 Å². The molecule has 0 N–H and O–H groups in total. The summed E-state index contributed by atoms with van der Waals surface area (Å²) in [5.74, 6) is 0.772. The highest BCUT2D eigenvalue weighted by molar-refractivity contribution is 7.80. The molecule has 0 heterocycles. The van der Waals surface area contributed by atoms with Gasteiger partial charge in [-0.25, -0.2) is 0 Å². The van der Waals surface area contributed by atoms with Gasteiger partial charge < -0.3 is 9.47 Å². The molecule has 0 aliphatic heterocycles. The summed E-state index contributed by atoms with van der Waals surface area (Å²) in [6.45, 7) is 2.87. The standard InChI is InChI=1S/C13H20O2S/c16-12-11-15-10-9-14-8-4-7-13-5-2-1-3-6-13/h1-3,5-6,16H,4,7-12H2. The van der Waals surface area contributed by atoms with Gasteiger partial charge in [-0.2, -0.15) is 12.6 Å². The normalized spacial score (nSPS) is 10.6. The summed E-state index contributed by atoms with van der Waals surface area (Å²) >= 11 is 4.05. The van der Waals surface area contributed by atoms with Gasteiger partial charge in [0, 0.05) is 12.4 Å². The fourth-order valence-corrected chi connectivity index (χ4v) is 1.54. The second kappa shape index (κ2) is 9.70. The first-order valence-electron chi connectivity index (χ1n) is 5.74. The molecular weight excluding hydrogens is 220 g/mol. The van der Waals surface area contributed by atoms with Crippen molar-refractivity contribution in [3.8, 4) is 0 Å². The van der Waals surface area contributed by atoms with E-state index in [1.165, 1.54) is 5.56 Å². The third kappa shape index (κ3) is 6.88. The maximum atomic E-state index is 5.45. The topological polar surface area (TPSA) is 18.5 Å². The van der Waals surface area contributed by atoms with Gasteiger partial charge in [0.2, 0.25) is 0 Å². The molecule has 0 saturated heterocycles. The smallest absolute Gasteiger partial charge is 0.0700 e. The first kappa shape index (κ1) is 13.6. The van der Waals surface area contributed by atoms with Gasteiger partial charge in [0.1, 0.15) is 0 Å². The van der Waals surface area contributed by atoms with E-state index in [0.717, 1.165) is 25.2 Å². The Bertz CT molecular complexity index is 251. The summed E-state index contributed by atoms with van der Waals surface area (Å²) in [5.41, 5.74) is 1.37. The van der Waals surface area contributed by atoms with Crippen molar-refractivity contribution in [2.75, 3.05) is 32.2 Å². The Hall–Kier alpha value is -0.510. The average Bonchev–Trinajstić information content (AvgIpc) is 2.34. The molecule has 3 heteroatoms. The Morgan fingerprint density at radius 1 is 0.875 bits per heavy atom. The molecule has 0 saturated carbocycles. The molecule has 0 aliphatic carbocycles. The van der Waals surface area contributed by atoms with Crippen molar-refractivity contribution in [2.45, 2.75) is 12.8 Å². The van der Waals surface area contributed by atoms with Crippen LogP contribution in [0.4, 0.5) is 0 Å². The SMILES string of the molecule is SCCOCCOCCCc1ccccc1. The molecule has 1 rings (SSSR count). The van der Waals surface area contributed by atoms with Crippen LogP contribution in [0.5, 0.6) is 0 Å². The van der Waals surface area contributed by atoms with Gasteiger partial charge in [-0.3, -0.25) is 0 Å². The molecule has 0 unspecified atom stereocenters. The highest BCUT2D eigenvalue weighted by Crippen LogP contribution is 2.02. The Labute approximate surface area is 103 Å². The highest BCUT2D eigenvalue weighted by atomic mass is 32.1. The van der Waals surface area contributed by atoms with Crippen LogP contribution < -0.4 is 0 Å². The summed E-state index contributed by atoms with van der Waals surface area (Å²) in [4.78, 5) is 0. The van der Waals surface area contributed by atoms with Crippen molar-refractivity contribution in [1.29, 1.82) is 0 Å². The van der Waals surface area contributed by atoms with Crippen LogP contribution in [0.2, 0.25) is 0 Å². The minimum atomic E-state index is 0.673. The van der Waals surface area contributed by atoms with E-state index in [0.29, 0.717) is 19.8 Å². The monoisotopic (exact) mass is 240 g/mol. The summed E-state index contributed by atoms with van der Waals surface area (Å²) in [6, 6.07) is 10.5. The maximum Gasteiger partial charge on any atom is 0.0700 e. The third-order valence-electron chi connectivity index (χ3n) is 2.20.